The maximum absolute atomic E-state index is 11.4. The average Bonchev–Trinajstić information content (AvgIpc) is 2.36. The van der Waals surface area contributed by atoms with Crippen LogP contribution in [0.5, 0.6) is 0 Å². The Morgan fingerprint density at radius 1 is 1.47 bits per heavy atom. The second kappa shape index (κ2) is 4.71. The van der Waals surface area contributed by atoms with E-state index in [1.54, 1.807) is 6.07 Å². The van der Waals surface area contributed by atoms with Crippen molar-refractivity contribution in [1.82, 2.24) is 4.90 Å². The largest absolute Gasteiger partial charge is 0.465 e. The van der Waals surface area contributed by atoms with Gasteiger partial charge in [-0.15, -0.1) is 0 Å². The minimum absolute atomic E-state index is 0.301. The van der Waals surface area contributed by atoms with Crippen molar-refractivity contribution in [3.63, 3.8) is 0 Å². The van der Waals surface area contributed by atoms with E-state index < -0.39 is 0 Å². The van der Waals surface area contributed by atoms with E-state index in [1.807, 2.05) is 17.0 Å². The molecular weight excluding hydrogens is 236 g/mol. The molecule has 0 fully saturated rings. The topological polar surface area (TPSA) is 55.6 Å². The molecule has 0 unspecified atom stereocenters. The van der Waals surface area contributed by atoms with E-state index in [1.165, 1.54) is 12.7 Å². The van der Waals surface area contributed by atoms with Crippen molar-refractivity contribution >= 4 is 23.3 Å². The smallest absolute Gasteiger partial charge is 0.337 e. The molecule has 0 amide bonds. The third kappa shape index (κ3) is 2.39. The SMILES string of the molecule is COC(=O)c1ccc2c(c1)CCN(C(N)=S)C2. The van der Waals surface area contributed by atoms with Gasteiger partial charge in [-0.2, -0.15) is 0 Å². The van der Waals surface area contributed by atoms with Crippen LogP contribution in [0.25, 0.3) is 0 Å². The number of nitrogens with zero attached hydrogens (tertiary/aromatic N) is 1. The van der Waals surface area contributed by atoms with Gasteiger partial charge in [-0.1, -0.05) is 6.07 Å². The fraction of sp³-hybridized carbons (Fsp3) is 0.333. The van der Waals surface area contributed by atoms with Gasteiger partial charge in [0.15, 0.2) is 5.11 Å². The number of thiocarbonyl (C=S) groups is 1. The number of carbonyl (C=O) groups is 1. The molecule has 0 aromatic heterocycles. The first-order valence-corrected chi connectivity index (χ1v) is 5.77. The lowest BCUT2D eigenvalue weighted by molar-refractivity contribution is 0.0600. The summed E-state index contributed by atoms with van der Waals surface area (Å²) in [6.07, 6.45) is 0.845. The van der Waals surface area contributed by atoms with Crippen molar-refractivity contribution in [2.45, 2.75) is 13.0 Å². The summed E-state index contributed by atoms with van der Waals surface area (Å²) in [5.74, 6) is -0.301. The molecule has 0 spiro atoms. The lowest BCUT2D eigenvalue weighted by atomic mass is 9.97. The summed E-state index contributed by atoms with van der Waals surface area (Å²) in [5, 5.41) is 0.424. The Balaban J connectivity index is 2.25. The molecular formula is C12H14N2O2S. The highest BCUT2D eigenvalue weighted by atomic mass is 32.1. The zero-order valence-electron chi connectivity index (χ0n) is 9.60. The van der Waals surface area contributed by atoms with Crippen LogP contribution in [0, 0.1) is 0 Å². The van der Waals surface area contributed by atoms with Crippen LogP contribution in [0.2, 0.25) is 0 Å². The standard InChI is InChI=1S/C12H14N2O2S/c1-16-11(15)9-2-3-10-7-14(12(13)17)5-4-8(10)6-9/h2-3,6H,4-5,7H2,1H3,(H2,13,17). The minimum atomic E-state index is -0.301. The molecule has 0 saturated carbocycles. The Bertz CT molecular complexity index is 474. The highest BCUT2D eigenvalue weighted by Crippen LogP contribution is 2.20. The zero-order valence-corrected chi connectivity index (χ0v) is 10.4. The molecule has 4 nitrogen and oxygen atoms in total. The summed E-state index contributed by atoms with van der Waals surface area (Å²) >= 11 is 4.96. The molecule has 2 rings (SSSR count). The van der Waals surface area contributed by atoms with Crippen LogP contribution in [0.4, 0.5) is 0 Å². The number of hydrogen-bond acceptors (Lipinski definition) is 3. The van der Waals surface area contributed by atoms with E-state index in [-0.39, 0.29) is 5.97 Å². The molecule has 1 aromatic rings. The summed E-state index contributed by atoms with van der Waals surface area (Å²) < 4.78 is 4.70. The zero-order chi connectivity index (χ0) is 12.4. The van der Waals surface area contributed by atoms with E-state index in [4.69, 9.17) is 22.7 Å². The molecule has 0 atom stereocenters. The Kier molecular flexibility index (Phi) is 3.28. The number of fused-ring (bicyclic) bond motifs is 1. The maximum Gasteiger partial charge on any atom is 0.337 e. The highest BCUT2D eigenvalue weighted by Gasteiger charge is 2.18. The van der Waals surface area contributed by atoms with Gasteiger partial charge in [0.1, 0.15) is 0 Å². The van der Waals surface area contributed by atoms with Gasteiger partial charge in [-0.3, -0.25) is 0 Å². The van der Waals surface area contributed by atoms with Gasteiger partial charge in [-0.05, 0) is 41.9 Å². The molecule has 2 N–H and O–H groups in total. The van der Waals surface area contributed by atoms with Gasteiger partial charge in [0.05, 0.1) is 12.7 Å². The van der Waals surface area contributed by atoms with Crippen molar-refractivity contribution in [1.29, 1.82) is 0 Å². The van der Waals surface area contributed by atoms with Crippen LogP contribution in [-0.2, 0) is 17.7 Å². The molecule has 0 radical (unpaired) electrons. The van der Waals surface area contributed by atoms with Crippen LogP contribution in [-0.4, -0.2) is 29.6 Å². The summed E-state index contributed by atoms with van der Waals surface area (Å²) in [6.45, 7) is 1.51. The molecule has 0 saturated heterocycles. The summed E-state index contributed by atoms with van der Waals surface area (Å²) in [4.78, 5) is 13.4. The number of rotatable bonds is 1. The van der Waals surface area contributed by atoms with Crippen LogP contribution in [0.1, 0.15) is 21.5 Å². The molecule has 1 aromatic carbocycles. The van der Waals surface area contributed by atoms with E-state index in [9.17, 15) is 4.79 Å². The second-order valence-electron chi connectivity index (χ2n) is 3.98. The third-order valence-electron chi connectivity index (χ3n) is 2.95. The van der Waals surface area contributed by atoms with Crippen molar-refractivity contribution in [3.05, 3.63) is 34.9 Å². The van der Waals surface area contributed by atoms with Crippen molar-refractivity contribution < 1.29 is 9.53 Å². The number of methoxy groups -OCH3 is 1. The van der Waals surface area contributed by atoms with Crippen molar-refractivity contribution in [2.75, 3.05) is 13.7 Å². The summed E-state index contributed by atoms with van der Waals surface area (Å²) in [7, 11) is 1.39. The van der Waals surface area contributed by atoms with E-state index in [0.717, 1.165) is 18.5 Å². The Morgan fingerprint density at radius 3 is 2.88 bits per heavy atom. The Hall–Kier alpha value is -1.62. The van der Waals surface area contributed by atoms with Gasteiger partial charge in [-0.25, -0.2) is 4.79 Å². The number of hydrogen-bond donors (Lipinski definition) is 1. The van der Waals surface area contributed by atoms with Crippen LogP contribution >= 0.6 is 12.2 Å². The first-order chi connectivity index (χ1) is 8.11. The number of esters is 1. The maximum atomic E-state index is 11.4. The molecule has 0 bridgehead atoms. The first kappa shape index (κ1) is 11.9. The van der Waals surface area contributed by atoms with Gasteiger partial charge in [0.25, 0.3) is 0 Å². The summed E-state index contributed by atoms with van der Waals surface area (Å²) in [6, 6.07) is 5.60. The second-order valence-corrected chi connectivity index (χ2v) is 4.40. The molecule has 1 heterocycles. The molecule has 90 valence electrons. The third-order valence-corrected chi connectivity index (χ3v) is 3.21. The van der Waals surface area contributed by atoms with Gasteiger partial charge >= 0.3 is 5.97 Å². The Morgan fingerprint density at radius 2 is 2.24 bits per heavy atom. The monoisotopic (exact) mass is 250 g/mol. The predicted octanol–water partition coefficient (Wildman–Crippen LogP) is 1.07. The number of benzene rings is 1. The quantitative estimate of drug-likeness (QED) is 0.597. The van der Waals surface area contributed by atoms with Gasteiger partial charge in [0, 0.05) is 13.1 Å². The summed E-state index contributed by atoms with van der Waals surface area (Å²) in [5.41, 5.74) is 8.53. The van der Waals surface area contributed by atoms with Crippen LogP contribution in [0.3, 0.4) is 0 Å². The van der Waals surface area contributed by atoms with Crippen molar-refractivity contribution in [2.24, 2.45) is 5.73 Å². The van der Waals surface area contributed by atoms with E-state index in [0.29, 0.717) is 17.2 Å². The van der Waals surface area contributed by atoms with E-state index in [2.05, 4.69) is 0 Å². The fourth-order valence-corrected chi connectivity index (χ4v) is 2.14. The van der Waals surface area contributed by atoms with Gasteiger partial charge < -0.3 is 15.4 Å². The normalized spacial score (nSPS) is 14.1. The number of carbonyl (C=O) groups excluding carboxylic acids is 1. The predicted molar refractivity (Wildman–Crippen MR) is 68.7 cm³/mol. The average molecular weight is 250 g/mol. The van der Waals surface area contributed by atoms with Crippen molar-refractivity contribution in [3.8, 4) is 0 Å². The lowest BCUT2D eigenvalue weighted by Gasteiger charge is -2.29. The minimum Gasteiger partial charge on any atom is -0.465 e. The molecule has 1 aliphatic heterocycles. The first-order valence-electron chi connectivity index (χ1n) is 5.36. The molecule has 5 heteroatoms. The highest BCUT2D eigenvalue weighted by molar-refractivity contribution is 7.80. The van der Waals surface area contributed by atoms with E-state index >= 15 is 0 Å². The lowest BCUT2D eigenvalue weighted by Crippen LogP contribution is -2.39. The van der Waals surface area contributed by atoms with Gasteiger partial charge in [0.2, 0.25) is 0 Å². The molecule has 17 heavy (non-hydrogen) atoms. The Labute approximate surface area is 105 Å². The fourth-order valence-electron chi connectivity index (χ4n) is 1.99. The molecule has 0 aliphatic carbocycles. The van der Waals surface area contributed by atoms with Crippen LogP contribution < -0.4 is 5.73 Å². The number of ether oxygens (including phenoxy) is 1. The van der Waals surface area contributed by atoms with Crippen LogP contribution in [0.15, 0.2) is 18.2 Å². The molecule has 1 aliphatic rings. The number of nitrogens with two attached hydrogens (primary N) is 1.